The number of aromatic hydroxyl groups is 1. The highest BCUT2D eigenvalue weighted by molar-refractivity contribution is 5.63. The minimum Gasteiger partial charge on any atom is -0.508 e. The molecule has 19 heavy (non-hydrogen) atoms. The van der Waals surface area contributed by atoms with Crippen molar-refractivity contribution in [1.29, 1.82) is 0 Å². The zero-order valence-corrected chi connectivity index (χ0v) is 10.7. The molecule has 2 rings (SSSR count). The number of nitrogen functional groups attached to an aromatic ring is 1. The van der Waals surface area contributed by atoms with Gasteiger partial charge in [0.2, 0.25) is 0 Å². The molecule has 0 atom stereocenters. The number of aryl methyl sites for hydroxylation is 2. The Morgan fingerprint density at radius 3 is 2.74 bits per heavy atom. The van der Waals surface area contributed by atoms with E-state index in [1.165, 1.54) is 12.1 Å². The summed E-state index contributed by atoms with van der Waals surface area (Å²) in [6.45, 7) is 3.78. The standard InChI is InChI=1S/C13H15FN4O/c1-7-12(15)13(18-8(2)17-7)16-6-9-3-4-10(19)5-11(9)14/h3-5,19H,6,15H2,1-2H3,(H,16,17,18). The molecular weight excluding hydrogens is 247 g/mol. The number of anilines is 2. The number of nitrogens with one attached hydrogen (secondary N) is 1. The van der Waals surface area contributed by atoms with Gasteiger partial charge in [0.15, 0.2) is 5.82 Å². The zero-order chi connectivity index (χ0) is 14.0. The van der Waals surface area contributed by atoms with Gasteiger partial charge in [-0.3, -0.25) is 0 Å². The summed E-state index contributed by atoms with van der Waals surface area (Å²) in [6.07, 6.45) is 0. The minimum absolute atomic E-state index is 0.102. The van der Waals surface area contributed by atoms with E-state index in [-0.39, 0.29) is 12.3 Å². The number of hydrogen-bond acceptors (Lipinski definition) is 5. The molecule has 0 unspecified atom stereocenters. The van der Waals surface area contributed by atoms with Gasteiger partial charge in [0.05, 0.1) is 11.4 Å². The molecule has 0 bridgehead atoms. The Hall–Kier alpha value is -2.37. The first kappa shape index (κ1) is 13.1. The molecule has 0 radical (unpaired) electrons. The summed E-state index contributed by atoms with van der Waals surface area (Å²) in [5, 5.41) is 12.1. The van der Waals surface area contributed by atoms with Crippen molar-refractivity contribution in [3.8, 4) is 5.75 Å². The lowest BCUT2D eigenvalue weighted by Gasteiger charge is -2.11. The highest BCUT2D eigenvalue weighted by Crippen LogP contribution is 2.20. The molecule has 4 N–H and O–H groups in total. The third-order valence-electron chi connectivity index (χ3n) is 2.73. The van der Waals surface area contributed by atoms with E-state index in [1.54, 1.807) is 13.8 Å². The van der Waals surface area contributed by atoms with Crippen LogP contribution in [-0.2, 0) is 6.54 Å². The van der Waals surface area contributed by atoms with Gasteiger partial charge < -0.3 is 16.2 Å². The minimum atomic E-state index is -0.478. The van der Waals surface area contributed by atoms with Crippen molar-refractivity contribution in [2.24, 2.45) is 0 Å². The Morgan fingerprint density at radius 1 is 1.32 bits per heavy atom. The van der Waals surface area contributed by atoms with Crippen molar-refractivity contribution in [2.45, 2.75) is 20.4 Å². The van der Waals surface area contributed by atoms with Crippen LogP contribution in [0.5, 0.6) is 5.75 Å². The molecule has 0 saturated heterocycles. The first-order chi connectivity index (χ1) is 8.97. The normalized spacial score (nSPS) is 10.5. The highest BCUT2D eigenvalue weighted by Gasteiger charge is 2.08. The van der Waals surface area contributed by atoms with Crippen molar-refractivity contribution < 1.29 is 9.50 Å². The summed E-state index contributed by atoms with van der Waals surface area (Å²) in [4.78, 5) is 8.31. The molecule has 1 aromatic heterocycles. The van der Waals surface area contributed by atoms with Gasteiger partial charge >= 0.3 is 0 Å². The monoisotopic (exact) mass is 262 g/mol. The maximum Gasteiger partial charge on any atom is 0.153 e. The van der Waals surface area contributed by atoms with E-state index in [0.29, 0.717) is 28.6 Å². The van der Waals surface area contributed by atoms with Gasteiger partial charge in [-0.1, -0.05) is 6.07 Å². The van der Waals surface area contributed by atoms with E-state index in [1.807, 2.05) is 0 Å². The number of benzene rings is 1. The number of nitrogens with two attached hydrogens (primary N) is 1. The molecule has 0 spiro atoms. The molecule has 2 aromatic rings. The predicted molar refractivity (Wildman–Crippen MR) is 71.3 cm³/mol. The lowest BCUT2D eigenvalue weighted by molar-refractivity contribution is 0.468. The zero-order valence-electron chi connectivity index (χ0n) is 10.7. The summed E-state index contributed by atoms with van der Waals surface area (Å²) >= 11 is 0. The molecule has 0 fully saturated rings. The predicted octanol–water partition coefficient (Wildman–Crippen LogP) is 2.13. The lowest BCUT2D eigenvalue weighted by Crippen LogP contribution is -2.09. The van der Waals surface area contributed by atoms with Gasteiger partial charge in [-0.2, -0.15) is 0 Å². The largest absolute Gasteiger partial charge is 0.508 e. The maximum atomic E-state index is 13.5. The summed E-state index contributed by atoms with van der Waals surface area (Å²) in [5.74, 6) is 0.501. The molecule has 0 aliphatic rings. The SMILES string of the molecule is Cc1nc(C)c(N)c(NCc2ccc(O)cc2F)n1. The van der Waals surface area contributed by atoms with Crippen LogP contribution >= 0.6 is 0 Å². The van der Waals surface area contributed by atoms with Crippen LogP contribution in [-0.4, -0.2) is 15.1 Å². The van der Waals surface area contributed by atoms with Crippen molar-refractivity contribution in [2.75, 3.05) is 11.1 Å². The summed E-state index contributed by atoms with van der Waals surface area (Å²) in [6, 6.07) is 4.01. The number of phenolic OH excluding ortho intramolecular Hbond substituents is 1. The van der Waals surface area contributed by atoms with Crippen LogP contribution in [0.3, 0.4) is 0 Å². The van der Waals surface area contributed by atoms with Crippen molar-refractivity contribution in [3.05, 3.63) is 41.1 Å². The second kappa shape index (κ2) is 5.09. The second-order valence-electron chi connectivity index (χ2n) is 4.25. The molecule has 0 saturated carbocycles. The fraction of sp³-hybridized carbons (Fsp3) is 0.231. The molecule has 100 valence electrons. The number of nitrogens with zero attached hydrogens (tertiary/aromatic N) is 2. The molecule has 0 aliphatic heterocycles. The fourth-order valence-corrected chi connectivity index (χ4v) is 1.71. The molecule has 5 nitrogen and oxygen atoms in total. The Bertz CT molecular complexity index is 616. The molecular formula is C13H15FN4O. The first-order valence-electron chi connectivity index (χ1n) is 5.79. The van der Waals surface area contributed by atoms with Gasteiger partial charge in [0.25, 0.3) is 0 Å². The van der Waals surface area contributed by atoms with Crippen molar-refractivity contribution in [3.63, 3.8) is 0 Å². The van der Waals surface area contributed by atoms with Crippen LogP contribution in [0.1, 0.15) is 17.1 Å². The second-order valence-corrected chi connectivity index (χ2v) is 4.25. The van der Waals surface area contributed by atoms with Gasteiger partial charge in [-0.05, 0) is 19.9 Å². The molecule has 1 heterocycles. The number of aromatic nitrogens is 2. The summed E-state index contributed by atoms with van der Waals surface area (Å²) < 4.78 is 13.5. The van der Waals surface area contributed by atoms with Crippen LogP contribution in [0.25, 0.3) is 0 Å². The maximum absolute atomic E-state index is 13.5. The third-order valence-corrected chi connectivity index (χ3v) is 2.73. The molecule has 0 amide bonds. The van der Waals surface area contributed by atoms with Crippen LogP contribution in [0.4, 0.5) is 15.9 Å². The van der Waals surface area contributed by atoms with Crippen LogP contribution in [0.2, 0.25) is 0 Å². The number of halogens is 1. The van der Waals surface area contributed by atoms with E-state index < -0.39 is 5.82 Å². The summed E-state index contributed by atoms with van der Waals surface area (Å²) in [7, 11) is 0. The van der Waals surface area contributed by atoms with E-state index in [9.17, 15) is 4.39 Å². The fourth-order valence-electron chi connectivity index (χ4n) is 1.71. The first-order valence-corrected chi connectivity index (χ1v) is 5.79. The molecule has 1 aromatic carbocycles. The average molecular weight is 262 g/mol. The van der Waals surface area contributed by atoms with Gasteiger partial charge in [0.1, 0.15) is 17.4 Å². The Balaban J connectivity index is 2.19. The van der Waals surface area contributed by atoms with Crippen LogP contribution < -0.4 is 11.1 Å². The lowest BCUT2D eigenvalue weighted by atomic mass is 10.2. The number of rotatable bonds is 3. The Kier molecular flexibility index (Phi) is 3.50. The van der Waals surface area contributed by atoms with E-state index in [2.05, 4.69) is 15.3 Å². The quantitative estimate of drug-likeness (QED) is 0.789. The van der Waals surface area contributed by atoms with E-state index in [0.717, 1.165) is 6.07 Å². The molecule has 0 aliphatic carbocycles. The number of hydrogen-bond donors (Lipinski definition) is 3. The van der Waals surface area contributed by atoms with Gasteiger partial charge in [-0.15, -0.1) is 0 Å². The van der Waals surface area contributed by atoms with E-state index >= 15 is 0 Å². The van der Waals surface area contributed by atoms with Crippen LogP contribution in [0, 0.1) is 19.7 Å². The van der Waals surface area contributed by atoms with Crippen molar-refractivity contribution in [1.82, 2.24) is 9.97 Å². The topological polar surface area (TPSA) is 84.1 Å². The van der Waals surface area contributed by atoms with Crippen molar-refractivity contribution >= 4 is 11.5 Å². The van der Waals surface area contributed by atoms with Crippen LogP contribution in [0.15, 0.2) is 18.2 Å². The summed E-state index contributed by atoms with van der Waals surface area (Å²) in [5.41, 5.74) is 7.41. The highest BCUT2D eigenvalue weighted by atomic mass is 19.1. The smallest absolute Gasteiger partial charge is 0.153 e. The number of phenols is 1. The van der Waals surface area contributed by atoms with Gasteiger partial charge in [0, 0.05) is 18.2 Å². The van der Waals surface area contributed by atoms with Gasteiger partial charge in [-0.25, -0.2) is 14.4 Å². The molecule has 6 heteroatoms. The Labute approximate surface area is 110 Å². The third kappa shape index (κ3) is 2.90. The average Bonchev–Trinajstić information content (AvgIpc) is 2.33. The van der Waals surface area contributed by atoms with E-state index in [4.69, 9.17) is 10.8 Å². The Morgan fingerprint density at radius 2 is 2.05 bits per heavy atom.